The van der Waals surface area contributed by atoms with Gasteiger partial charge in [0.25, 0.3) is 0 Å². The molecule has 0 radical (unpaired) electrons. The molecule has 0 fully saturated rings. The molecule has 0 amide bonds. The first kappa shape index (κ1) is 16.1. The number of rotatable bonds is 8. The molecule has 4 nitrogen and oxygen atoms in total. The van der Waals surface area contributed by atoms with E-state index in [2.05, 4.69) is 13.8 Å². The largest absolute Gasteiger partial charge is 0.490 e. The fraction of sp³-hybridized carbons (Fsp3) is 0.438. The first-order chi connectivity index (χ1) is 9.54. The van der Waals surface area contributed by atoms with Crippen molar-refractivity contribution >= 4 is 12.0 Å². The van der Waals surface area contributed by atoms with Gasteiger partial charge in [-0.3, -0.25) is 0 Å². The van der Waals surface area contributed by atoms with E-state index in [0.717, 1.165) is 12.5 Å². The second-order valence-corrected chi connectivity index (χ2v) is 4.81. The smallest absolute Gasteiger partial charge is 0.328 e. The molecule has 0 spiro atoms. The van der Waals surface area contributed by atoms with Crippen molar-refractivity contribution in [1.29, 1.82) is 0 Å². The summed E-state index contributed by atoms with van der Waals surface area (Å²) < 4.78 is 11.3. The van der Waals surface area contributed by atoms with Crippen LogP contribution in [0.15, 0.2) is 24.3 Å². The molecule has 0 bridgehead atoms. The standard InChI is InChI=1S/C16H22O4/c1-4-19-14-7-5-6-13(8-9-15(17)18)16(14)20-11-10-12(2)3/h5-9,12H,4,10-11H2,1-3H3,(H,17,18)/b9-8+. The maximum atomic E-state index is 10.6. The Labute approximate surface area is 120 Å². The number of hydrogen-bond donors (Lipinski definition) is 1. The van der Waals surface area contributed by atoms with E-state index in [1.54, 1.807) is 0 Å². The molecular formula is C16H22O4. The molecule has 0 unspecified atom stereocenters. The quantitative estimate of drug-likeness (QED) is 0.738. The van der Waals surface area contributed by atoms with Gasteiger partial charge >= 0.3 is 5.97 Å². The first-order valence-electron chi connectivity index (χ1n) is 6.84. The van der Waals surface area contributed by atoms with E-state index in [4.69, 9.17) is 14.6 Å². The van der Waals surface area contributed by atoms with E-state index in [-0.39, 0.29) is 0 Å². The van der Waals surface area contributed by atoms with Crippen LogP contribution in [-0.4, -0.2) is 24.3 Å². The SMILES string of the molecule is CCOc1cccc(/C=C/C(=O)O)c1OCCC(C)C. The number of aliphatic carboxylic acids is 1. The van der Waals surface area contributed by atoms with Gasteiger partial charge in [-0.2, -0.15) is 0 Å². The van der Waals surface area contributed by atoms with Gasteiger partial charge in [0.1, 0.15) is 0 Å². The summed E-state index contributed by atoms with van der Waals surface area (Å²) in [6.07, 6.45) is 3.55. The zero-order valence-electron chi connectivity index (χ0n) is 12.3. The summed E-state index contributed by atoms with van der Waals surface area (Å²) in [7, 11) is 0. The number of carboxylic acid groups (broad SMARTS) is 1. The number of ether oxygens (including phenoxy) is 2. The van der Waals surface area contributed by atoms with Crippen molar-refractivity contribution in [2.24, 2.45) is 5.92 Å². The third kappa shape index (κ3) is 5.34. The maximum absolute atomic E-state index is 10.6. The zero-order chi connectivity index (χ0) is 15.0. The molecule has 0 heterocycles. The normalized spacial score (nSPS) is 11.0. The molecule has 20 heavy (non-hydrogen) atoms. The molecule has 110 valence electrons. The van der Waals surface area contributed by atoms with Gasteiger partial charge in [-0.15, -0.1) is 0 Å². The Bertz CT molecular complexity index is 464. The Morgan fingerprint density at radius 3 is 2.70 bits per heavy atom. The Morgan fingerprint density at radius 1 is 1.35 bits per heavy atom. The second kappa shape index (κ2) is 8.25. The molecule has 1 aromatic rings. The molecule has 1 rings (SSSR count). The Morgan fingerprint density at radius 2 is 2.10 bits per heavy atom. The molecule has 1 N–H and O–H groups in total. The summed E-state index contributed by atoms with van der Waals surface area (Å²) in [6, 6.07) is 5.46. The lowest BCUT2D eigenvalue weighted by molar-refractivity contribution is -0.131. The molecule has 0 aliphatic heterocycles. The van der Waals surface area contributed by atoms with E-state index in [1.807, 2.05) is 25.1 Å². The molecule has 0 aromatic heterocycles. The van der Waals surface area contributed by atoms with Crippen LogP contribution in [-0.2, 0) is 4.79 Å². The van der Waals surface area contributed by atoms with Crippen LogP contribution in [0.4, 0.5) is 0 Å². The fourth-order valence-corrected chi connectivity index (χ4v) is 1.65. The van der Waals surface area contributed by atoms with Crippen molar-refractivity contribution in [3.63, 3.8) is 0 Å². The van der Waals surface area contributed by atoms with Crippen molar-refractivity contribution in [2.75, 3.05) is 13.2 Å². The highest BCUT2D eigenvalue weighted by Gasteiger charge is 2.10. The summed E-state index contributed by atoms with van der Waals surface area (Å²) in [5, 5.41) is 8.73. The second-order valence-electron chi connectivity index (χ2n) is 4.81. The van der Waals surface area contributed by atoms with Gasteiger partial charge in [0.05, 0.1) is 13.2 Å². The van der Waals surface area contributed by atoms with Crippen molar-refractivity contribution < 1.29 is 19.4 Å². The van der Waals surface area contributed by atoms with Crippen LogP contribution in [0.2, 0.25) is 0 Å². The van der Waals surface area contributed by atoms with E-state index in [0.29, 0.717) is 36.2 Å². The average Bonchev–Trinajstić information content (AvgIpc) is 2.38. The van der Waals surface area contributed by atoms with E-state index < -0.39 is 5.97 Å². The summed E-state index contributed by atoms with van der Waals surface area (Å²) in [4.78, 5) is 10.6. The lowest BCUT2D eigenvalue weighted by Crippen LogP contribution is -2.05. The molecule has 1 aromatic carbocycles. The first-order valence-corrected chi connectivity index (χ1v) is 6.84. The number of para-hydroxylation sites is 1. The van der Waals surface area contributed by atoms with Gasteiger partial charge in [-0.1, -0.05) is 26.0 Å². The highest BCUT2D eigenvalue weighted by Crippen LogP contribution is 2.32. The Kier molecular flexibility index (Phi) is 6.64. The minimum Gasteiger partial charge on any atom is -0.490 e. The zero-order valence-corrected chi connectivity index (χ0v) is 12.3. The number of benzene rings is 1. The third-order valence-electron chi connectivity index (χ3n) is 2.66. The predicted octanol–water partition coefficient (Wildman–Crippen LogP) is 3.61. The average molecular weight is 278 g/mol. The predicted molar refractivity (Wildman–Crippen MR) is 79.2 cm³/mol. The molecule has 0 aliphatic rings. The highest BCUT2D eigenvalue weighted by atomic mass is 16.5. The number of carbonyl (C=O) groups is 1. The van der Waals surface area contributed by atoms with Crippen LogP contribution in [0.1, 0.15) is 32.8 Å². The minimum atomic E-state index is -0.986. The van der Waals surface area contributed by atoms with Gasteiger partial charge < -0.3 is 14.6 Å². The molecular weight excluding hydrogens is 256 g/mol. The topological polar surface area (TPSA) is 55.8 Å². The van der Waals surface area contributed by atoms with E-state index in [9.17, 15) is 4.79 Å². The van der Waals surface area contributed by atoms with Gasteiger partial charge in [-0.05, 0) is 31.4 Å². The van der Waals surface area contributed by atoms with Gasteiger partial charge in [0.15, 0.2) is 11.5 Å². The minimum absolute atomic E-state index is 0.534. The third-order valence-corrected chi connectivity index (χ3v) is 2.66. The van der Waals surface area contributed by atoms with Crippen molar-refractivity contribution in [2.45, 2.75) is 27.2 Å². The molecule has 4 heteroatoms. The van der Waals surface area contributed by atoms with Crippen LogP contribution in [0.25, 0.3) is 6.08 Å². The van der Waals surface area contributed by atoms with E-state index >= 15 is 0 Å². The molecule has 0 saturated carbocycles. The summed E-state index contributed by atoms with van der Waals surface area (Å²) in [5.41, 5.74) is 0.710. The van der Waals surface area contributed by atoms with Crippen molar-refractivity contribution in [3.8, 4) is 11.5 Å². The van der Waals surface area contributed by atoms with Crippen LogP contribution >= 0.6 is 0 Å². The van der Waals surface area contributed by atoms with Crippen LogP contribution in [0.3, 0.4) is 0 Å². The molecule has 0 atom stereocenters. The van der Waals surface area contributed by atoms with E-state index in [1.165, 1.54) is 6.08 Å². The van der Waals surface area contributed by atoms with Crippen LogP contribution in [0, 0.1) is 5.92 Å². The number of hydrogen-bond acceptors (Lipinski definition) is 3. The number of carboxylic acids is 1. The monoisotopic (exact) mass is 278 g/mol. The molecule has 0 aliphatic carbocycles. The highest BCUT2D eigenvalue weighted by molar-refractivity contribution is 5.86. The Balaban J connectivity index is 2.96. The molecule has 0 saturated heterocycles. The summed E-state index contributed by atoms with van der Waals surface area (Å²) in [5.74, 6) is 0.809. The van der Waals surface area contributed by atoms with Gasteiger partial charge in [0.2, 0.25) is 0 Å². The van der Waals surface area contributed by atoms with Gasteiger partial charge in [0, 0.05) is 11.6 Å². The Hall–Kier alpha value is -1.97. The van der Waals surface area contributed by atoms with Crippen LogP contribution < -0.4 is 9.47 Å². The fourth-order valence-electron chi connectivity index (χ4n) is 1.65. The summed E-state index contributed by atoms with van der Waals surface area (Å²) >= 11 is 0. The van der Waals surface area contributed by atoms with Crippen molar-refractivity contribution in [1.82, 2.24) is 0 Å². The summed E-state index contributed by atoms with van der Waals surface area (Å²) in [6.45, 7) is 7.27. The maximum Gasteiger partial charge on any atom is 0.328 e. The van der Waals surface area contributed by atoms with Crippen LogP contribution in [0.5, 0.6) is 11.5 Å². The van der Waals surface area contributed by atoms with Gasteiger partial charge in [-0.25, -0.2) is 4.79 Å². The lowest BCUT2D eigenvalue weighted by Gasteiger charge is -2.15. The lowest BCUT2D eigenvalue weighted by atomic mass is 10.1. The van der Waals surface area contributed by atoms with Crippen molar-refractivity contribution in [3.05, 3.63) is 29.8 Å².